The molecule has 0 unspecified atom stereocenters. The molecule has 100 valence electrons. The molecule has 4 nitrogen and oxygen atoms in total. The van der Waals surface area contributed by atoms with Gasteiger partial charge in [0.05, 0.1) is 13.2 Å². The summed E-state index contributed by atoms with van der Waals surface area (Å²) in [5.74, 6) is 0.695. The van der Waals surface area contributed by atoms with Crippen LogP contribution >= 0.6 is 0 Å². The number of nitrogens with one attached hydrogen (secondary N) is 2. The van der Waals surface area contributed by atoms with Crippen LogP contribution in [0.5, 0.6) is 0 Å². The Morgan fingerprint density at radius 3 is 2.29 bits per heavy atom. The topological polar surface area (TPSA) is 50.4 Å². The molecule has 1 fully saturated rings. The Balaban J connectivity index is 2.11. The number of hydrogen-bond donors (Lipinski definition) is 2. The van der Waals surface area contributed by atoms with Crippen molar-refractivity contribution >= 4 is 5.91 Å². The summed E-state index contributed by atoms with van der Waals surface area (Å²) in [4.78, 5) is 11.4. The number of rotatable bonds is 7. The van der Waals surface area contributed by atoms with Crippen LogP contribution in [0.1, 0.15) is 27.7 Å². The zero-order chi connectivity index (χ0) is 13.1. The van der Waals surface area contributed by atoms with Crippen molar-refractivity contribution in [2.24, 2.45) is 16.7 Å². The minimum absolute atomic E-state index is 0.0401. The van der Waals surface area contributed by atoms with E-state index in [1.807, 2.05) is 0 Å². The van der Waals surface area contributed by atoms with Crippen LogP contribution in [0.2, 0.25) is 0 Å². The maximum absolute atomic E-state index is 11.4. The molecule has 0 saturated heterocycles. The molecule has 1 rings (SSSR count). The SMILES string of the molecule is COCCNC(=O)CNCC1C(C)(C)C1(C)C. The lowest BCUT2D eigenvalue weighted by molar-refractivity contribution is -0.120. The third-order valence-electron chi connectivity index (χ3n) is 4.58. The summed E-state index contributed by atoms with van der Waals surface area (Å²) < 4.78 is 4.86. The molecule has 0 aromatic rings. The molecule has 0 aromatic carbocycles. The first kappa shape index (κ1) is 14.5. The molecule has 4 heteroatoms. The van der Waals surface area contributed by atoms with E-state index in [0.717, 1.165) is 6.54 Å². The van der Waals surface area contributed by atoms with Crippen LogP contribution < -0.4 is 10.6 Å². The van der Waals surface area contributed by atoms with Gasteiger partial charge >= 0.3 is 0 Å². The van der Waals surface area contributed by atoms with Crippen molar-refractivity contribution in [3.63, 3.8) is 0 Å². The lowest BCUT2D eigenvalue weighted by Gasteiger charge is -2.07. The zero-order valence-corrected chi connectivity index (χ0v) is 11.7. The predicted octanol–water partition coefficient (Wildman–Crippen LogP) is 1.02. The number of carbonyl (C=O) groups excluding carboxylic acids is 1. The summed E-state index contributed by atoms with van der Waals surface area (Å²) in [6.07, 6.45) is 0. The average molecular weight is 242 g/mol. The van der Waals surface area contributed by atoms with Gasteiger partial charge < -0.3 is 15.4 Å². The number of carbonyl (C=O) groups is 1. The summed E-state index contributed by atoms with van der Waals surface area (Å²) in [5.41, 5.74) is 0.763. The van der Waals surface area contributed by atoms with Gasteiger partial charge in [-0.1, -0.05) is 27.7 Å². The first-order valence-corrected chi connectivity index (χ1v) is 6.30. The Labute approximate surface area is 104 Å². The highest BCUT2D eigenvalue weighted by molar-refractivity contribution is 5.77. The first-order chi connectivity index (χ1) is 7.84. The van der Waals surface area contributed by atoms with Crippen molar-refractivity contribution in [3.8, 4) is 0 Å². The van der Waals surface area contributed by atoms with Crippen molar-refractivity contribution in [1.29, 1.82) is 0 Å². The standard InChI is InChI=1S/C13H26N2O2/c1-12(2)10(13(12,3)4)8-14-9-11(16)15-6-7-17-5/h10,14H,6-9H2,1-5H3,(H,15,16). The molecule has 0 atom stereocenters. The van der Waals surface area contributed by atoms with Gasteiger partial charge in [-0.3, -0.25) is 4.79 Å². The molecule has 0 spiro atoms. The van der Waals surface area contributed by atoms with E-state index < -0.39 is 0 Å². The third-order valence-corrected chi connectivity index (χ3v) is 4.58. The van der Waals surface area contributed by atoms with E-state index in [-0.39, 0.29) is 5.91 Å². The zero-order valence-electron chi connectivity index (χ0n) is 11.7. The number of hydrogen-bond acceptors (Lipinski definition) is 3. The molecule has 1 aliphatic carbocycles. The summed E-state index contributed by atoms with van der Waals surface area (Å²) in [5, 5.41) is 6.03. The summed E-state index contributed by atoms with van der Waals surface area (Å²) in [7, 11) is 1.63. The Morgan fingerprint density at radius 1 is 1.24 bits per heavy atom. The maximum atomic E-state index is 11.4. The quantitative estimate of drug-likeness (QED) is 0.655. The lowest BCUT2D eigenvalue weighted by atomic mass is 10.0. The van der Waals surface area contributed by atoms with E-state index in [0.29, 0.717) is 36.4 Å². The number of methoxy groups -OCH3 is 1. The van der Waals surface area contributed by atoms with E-state index >= 15 is 0 Å². The second kappa shape index (κ2) is 5.36. The fraction of sp³-hybridized carbons (Fsp3) is 0.923. The Morgan fingerprint density at radius 2 is 1.82 bits per heavy atom. The summed E-state index contributed by atoms with van der Waals surface area (Å²) in [6, 6.07) is 0. The fourth-order valence-corrected chi connectivity index (χ4v) is 2.53. The highest BCUT2D eigenvalue weighted by Crippen LogP contribution is 2.67. The molecule has 0 radical (unpaired) electrons. The Bertz CT molecular complexity index is 261. The van der Waals surface area contributed by atoms with E-state index in [9.17, 15) is 4.79 Å². The van der Waals surface area contributed by atoms with Crippen LogP contribution in [0.4, 0.5) is 0 Å². The van der Waals surface area contributed by atoms with Crippen molar-refractivity contribution in [3.05, 3.63) is 0 Å². The van der Waals surface area contributed by atoms with Crippen molar-refractivity contribution in [2.75, 3.05) is 33.4 Å². The van der Waals surface area contributed by atoms with Crippen LogP contribution in [0, 0.1) is 16.7 Å². The van der Waals surface area contributed by atoms with Crippen molar-refractivity contribution < 1.29 is 9.53 Å². The molecule has 1 saturated carbocycles. The van der Waals surface area contributed by atoms with Crippen LogP contribution in [-0.4, -0.2) is 39.3 Å². The summed E-state index contributed by atoms with van der Waals surface area (Å²) in [6.45, 7) is 11.6. The van der Waals surface area contributed by atoms with Crippen LogP contribution in [-0.2, 0) is 9.53 Å². The van der Waals surface area contributed by atoms with E-state index in [4.69, 9.17) is 4.74 Å². The summed E-state index contributed by atoms with van der Waals surface area (Å²) >= 11 is 0. The fourth-order valence-electron chi connectivity index (χ4n) is 2.53. The minimum Gasteiger partial charge on any atom is -0.383 e. The molecule has 0 aromatic heterocycles. The highest BCUT2D eigenvalue weighted by atomic mass is 16.5. The second-order valence-corrected chi connectivity index (χ2v) is 5.97. The molecule has 0 heterocycles. The van der Waals surface area contributed by atoms with Gasteiger partial charge in [0, 0.05) is 13.7 Å². The lowest BCUT2D eigenvalue weighted by Crippen LogP contribution is -2.36. The van der Waals surface area contributed by atoms with Gasteiger partial charge in [-0.05, 0) is 23.3 Å². The molecular formula is C13H26N2O2. The number of ether oxygens (including phenoxy) is 1. The molecule has 0 bridgehead atoms. The van der Waals surface area contributed by atoms with E-state index in [2.05, 4.69) is 38.3 Å². The van der Waals surface area contributed by atoms with Gasteiger partial charge in [0.1, 0.15) is 0 Å². The van der Waals surface area contributed by atoms with E-state index in [1.165, 1.54) is 0 Å². The smallest absolute Gasteiger partial charge is 0.234 e. The molecular weight excluding hydrogens is 216 g/mol. The number of amides is 1. The van der Waals surface area contributed by atoms with Gasteiger partial charge in [-0.2, -0.15) is 0 Å². The van der Waals surface area contributed by atoms with Gasteiger partial charge in [-0.25, -0.2) is 0 Å². The van der Waals surface area contributed by atoms with Gasteiger partial charge in [0.2, 0.25) is 5.91 Å². The van der Waals surface area contributed by atoms with Crippen LogP contribution in [0.15, 0.2) is 0 Å². The van der Waals surface area contributed by atoms with Gasteiger partial charge in [-0.15, -0.1) is 0 Å². The predicted molar refractivity (Wildman–Crippen MR) is 68.8 cm³/mol. The van der Waals surface area contributed by atoms with Crippen LogP contribution in [0.25, 0.3) is 0 Å². The molecule has 2 N–H and O–H groups in total. The largest absolute Gasteiger partial charge is 0.383 e. The van der Waals surface area contributed by atoms with E-state index in [1.54, 1.807) is 7.11 Å². The maximum Gasteiger partial charge on any atom is 0.234 e. The Hall–Kier alpha value is -0.610. The van der Waals surface area contributed by atoms with Gasteiger partial charge in [0.25, 0.3) is 0 Å². The Kier molecular flexibility index (Phi) is 4.55. The van der Waals surface area contributed by atoms with Crippen molar-refractivity contribution in [2.45, 2.75) is 27.7 Å². The monoisotopic (exact) mass is 242 g/mol. The molecule has 0 aliphatic heterocycles. The van der Waals surface area contributed by atoms with Gasteiger partial charge in [0.15, 0.2) is 0 Å². The van der Waals surface area contributed by atoms with Crippen LogP contribution in [0.3, 0.4) is 0 Å². The second-order valence-electron chi connectivity index (χ2n) is 5.97. The molecule has 1 amide bonds. The average Bonchev–Trinajstić information content (AvgIpc) is 2.61. The normalized spacial score (nSPS) is 21.2. The highest BCUT2D eigenvalue weighted by Gasteiger charge is 2.63. The third kappa shape index (κ3) is 3.19. The minimum atomic E-state index is 0.0401. The van der Waals surface area contributed by atoms with Crippen molar-refractivity contribution in [1.82, 2.24) is 10.6 Å². The first-order valence-electron chi connectivity index (χ1n) is 6.30. The molecule has 17 heavy (non-hydrogen) atoms. The molecule has 1 aliphatic rings.